The van der Waals surface area contributed by atoms with Crippen molar-refractivity contribution < 1.29 is 5.11 Å². The summed E-state index contributed by atoms with van der Waals surface area (Å²) in [6.45, 7) is 3.88. The van der Waals surface area contributed by atoms with E-state index in [1.165, 1.54) is 0 Å². The second-order valence-electron chi connectivity index (χ2n) is 6.68. The van der Waals surface area contributed by atoms with Gasteiger partial charge in [-0.3, -0.25) is 0 Å². The Hall–Kier alpha value is -3.29. The Morgan fingerprint density at radius 2 is 1.57 bits per heavy atom. The summed E-state index contributed by atoms with van der Waals surface area (Å²) in [5.74, 6) is 0.294. The minimum Gasteiger partial charge on any atom is -0.505 e. The Kier molecular flexibility index (Phi) is 5.48. The number of nitrogens with one attached hydrogen (secondary N) is 1. The van der Waals surface area contributed by atoms with E-state index in [0.29, 0.717) is 22.4 Å². The Bertz CT molecular complexity index is 1250. The number of nitrogens with zero attached hydrogens (tertiary/aromatic N) is 5. The van der Waals surface area contributed by atoms with E-state index < -0.39 is 0 Å². The van der Waals surface area contributed by atoms with Crippen LogP contribution in [0.2, 0.25) is 10.6 Å². The highest BCUT2D eigenvalue weighted by Gasteiger charge is 2.12. The van der Waals surface area contributed by atoms with Crippen molar-refractivity contribution in [2.45, 2.75) is 13.8 Å². The number of fused-ring (bicyclic) bond motifs is 1. The first-order chi connectivity index (χ1) is 14.4. The van der Waals surface area contributed by atoms with Crippen molar-refractivity contribution >= 4 is 57.0 Å². The average Bonchev–Trinajstić information content (AvgIpc) is 2.68. The summed E-state index contributed by atoms with van der Waals surface area (Å²) in [7, 11) is 0. The SMILES string of the molecule is Cc1ccc(N=Nc2c(C)cc3cc(Nc4nc(Cl)nc(Cl)n4)ccc3c2O)cc1. The van der Waals surface area contributed by atoms with Gasteiger partial charge in [0, 0.05) is 11.1 Å². The molecule has 0 radical (unpaired) electrons. The van der Waals surface area contributed by atoms with Gasteiger partial charge in [0.1, 0.15) is 5.69 Å². The van der Waals surface area contributed by atoms with Gasteiger partial charge in [0.05, 0.1) is 5.69 Å². The molecule has 0 bridgehead atoms. The van der Waals surface area contributed by atoms with Gasteiger partial charge in [-0.05, 0) is 84.4 Å². The van der Waals surface area contributed by atoms with Crippen LogP contribution in [0.1, 0.15) is 11.1 Å². The highest BCUT2D eigenvalue weighted by Crippen LogP contribution is 2.39. The van der Waals surface area contributed by atoms with Crippen LogP contribution in [0.25, 0.3) is 10.8 Å². The molecule has 1 aromatic heterocycles. The van der Waals surface area contributed by atoms with Gasteiger partial charge in [0.2, 0.25) is 16.5 Å². The molecule has 0 atom stereocenters. The molecule has 1 heterocycles. The van der Waals surface area contributed by atoms with Gasteiger partial charge in [-0.25, -0.2) is 0 Å². The molecule has 0 spiro atoms. The number of rotatable bonds is 4. The smallest absolute Gasteiger partial charge is 0.232 e. The number of azo groups is 1. The zero-order chi connectivity index (χ0) is 21.3. The number of benzene rings is 3. The number of halogens is 2. The largest absolute Gasteiger partial charge is 0.505 e. The van der Waals surface area contributed by atoms with Crippen molar-refractivity contribution in [1.82, 2.24) is 15.0 Å². The Labute approximate surface area is 182 Å². The molecule has 4 rings (SSSR count). The number of aryl methyl sites for hydroxylation is 2. The molecule has 9 heteroatoms. The maximum Gasteiger partial charge on any atom is 0.232 e. The van der Waals surface area contributed by atoms with Crippen molar-refractivity contribution in [2.75, 3.05) is 5.32 Å². The summed E-state index contributed by atoms with van der Waals surface area (Å²) in [5.41, 5.74) is 3.78. The molecular weight excluding hydrogens is 423 g/mol. The van der Waals surface area contributed by atoms with Crippen LogP contribution in [0.5, 0.6) is 5.75 Å². The molecule has 4 aromatic rings. The number of phenolic OH excluding ortho intramolecular Hbond substituents is 1. The Morgan fingerprint density at radius 3 is 2.27 bits per heavy atom. The van der Waals surface area contributed by atoms with Crippen LogP contribution in [0.4, 0.5) is 23.0 Å². The van der Waals surface area contributed by atoms with E-state index >= 15 is 0 Å². The van der Waals surface area contributed by atoms with Crippen LogP contribution in [0, 0.1) is 13.8 Å². The zero-order valence-corrected chi connectivity index (χ0v) is 17.6. The van der Waals surface area contributed by atoms with Gasteiger partial charge >= 0.3 is 0 Å². The number of aromatic nitrogens is 3. The van der Waals surface area contributed by atoms with Crippen molar-refractivity contribution in [3.63, 3.8) is 0 Å². The number of phenols is 1. The van der Waals surface area contributed by atoms with Crippen molar-refractivity contribution in [1.29, 1.82) is 0 Å². The molecule has 0 aliphatic heterocycles. The van der Waals surface area contributed by atoms with Crippen LogP contribution in [0.3, 0.4) is 0 Å². The number of anilines is 2. The molecule has 0 unspecified atom stereocenters. The summed E-state index contributed by atoms with van der Waals surface area (Å²) in [6, 6.07) is 15.0. The highest BCUT2D eigenvalue weighted by molar-refractivity contribution is 6.31. The van der Waals surface area contributed by atoms with Crippen molar-refractivity contribution in [2.24, 2.45) is 10.2 Å². The van der Waals surface area contributed by atoms with E-state index in [1.807, 2.05) is 50.2 Å². The van der Waals surface area contributed by atoms with Crippen molar-refractivity contribution in [3.05, 3.63) is 70.2 Å². The minimum atomic E-state index is -0.00430. The molecule has 30 heavy (non-hydrogen) atoms. The quantitative estimate of drug-likeness (QED) is 0.341. The predicted octanol–water partition coefficient (Wildman–Crippen LogP) is 6.81. The second-order valence-corrected chi connectivity index (χ2v) is 7.36. The molecule has 0 amide bonds. The molecule has 0 aliphatic rings. The Morgan fingerprint density at radius 1 is 0.867 bits per heavy atom. The van der Waals surface area contributed by atoms with Crippen LogP contribution in [-0.2, 0) is 0 Å². The maximum atomic E-state index is 10.8. The standard InChI is InChI=1S/C21H16Cl2N6O/c1-11-3-5-14(6-4-11)28-29-17-12(2)9-13-10-15(7-8-16(13)18(17)30)24-21-26-19(22)25-20(23)27-21/h3-10,30H,1-2H3,(H,24,25,26,27). The van der Waals surface area contributed by atoms with Gasteiger partial charge in [0.15, 0.2) is 5.75 Å². The summed E-state index contributed by atoms with van der Waals surface area (Å²) in [5, 5.41) is 23.8. The lowest BCUT2D eigenvalue weighted by atomic mass is 10.0. The molecule has 0 saturated carbocycles. The molecule has 3 aromatic carbocycles. The van der Waals surface area contributed by atoms with E-state index in [1.54, 1.807) is 12.1 Å². The van der Waals surface area contributed by atoms with Crippen LogP contribution in [0.15, 0.2) is 58.8 Å². The average molecular weight is 439 g/mol. The third-order valence-electron chi connectivity index (χ3n) is 4.41. The fourth-order valence-corrected chi connectivity index (χ4v) is 3.31. The number of hydrogen-bond acceptors (Lipinski definition) is 7. The monoisotopic (exact) mass is 438 g/mol. The molecule has 0 fully saturated rings. The fourth-order valence-electron chi connectivity index (χ4n) is 2.95. The van der Waals surface area contributed by atoms with Gasteiger partial charge in [-0.15, -0.1) is 5.11 Å². The lowest BCUT2D eigenvalue weighted by Gasteiger charge is -2.10. The predicted molar refractivity (Wildman–Crippen MR) is 119 cm³/mol. The van der Waals surface area contributed by atoms with Crippen molar-refractivity contribution in [3.8, 4) is 5.75 Å². The molecule has 150 valence electrons. The lowest BCUT2D eigenvalue weighted by molar-refractivity contribution is 0.482. The van der Waals surface area contributed by atoms with Gasteiger partial charge in [-0.2, -0.15) is 20.1 Å². The van der Waals surface area contributed by atoms with E-state index in [2.05, 4.69) is 30.5 Å². The van der Waals surface area contributed by atoms with Gasteiger partial charge in [-0.1, -0.05) is 17.7 Å². The van der Waals surface area contributed by atoms with Crippen LogP contribution >= 0.6 is 23.2 Å². The Balaban J connectivity index is 1.67. The number of aromatic hydroxyl groups is 1. The minimum absolute atomic E-state index is 0.00430. The first-order valence-electron chi connectivity index (χ1n) is 8.98. The van der Waals surface area contributed by atoms with Gasteiger partial charge in [0.25, 0.3) is 0 Å². The highest BCUT2D eigenvalue weighted by atomic mass is 35.5. The molecular formula is C21H16Cl2N6O. The molecule has 2 N–H and O–H groups in total. The van der Waals surface area contributed by atoms with Crippen LogP contribution < -0.4 is 5.32 Å². The third-order valence-corrected chi connectivity index (χ3v) is 4.75. The summed E-state index contributed by atoms with van der Waals surface area (Å²) in [6.07, 6.45) is 0. The molecule has 7 nitrogen and oxygen atoms in total. The van der Waals surface area contributed by atoms with E-state index in [0.717, 1.165) is 16.5 Å². The first-order valence-corrected chi connectivity index (χ1v) is 9.73. The molecule has 0 saturated heterocycles. The van der Waals surface area contributed by atoms with E-state index in [-0.39, 0.29) is 22.3 Å². The van der Waals surface area contributed by atoms with E-state index in [9.17, 15) is 5.11 Å². The summed E-state index contributed by atoms with van der Waals surface area (Å²) < 4.78 is 0. The topological polar surface area (TPSA) is 95.7 Å². The zero-order valence-electron chi connectivity index (χ0n) is 16.1. The summed E-state index contributed by atoms with van der Waals surface area (Å²) >= 11 is 11.6. The molecule has 0 aliphatic carbocycles. The second kappa shape index (κ2) is 8.22. The van der Waals surface area contributed by atoms with E-state index in [4.69, 9.17) is 23.2 Å². The fraction of sp³-hybridized carbons (Fsp3) is 0.0952. The number of hydrogen-bond donors (Lipinski definition) is 2. The van der Waals surface area contributed by atoms with Crippen LogP contribution in [-0.4, -0.2) is 20.1 Å². The lowest BCUT2D eigenvalue weighted by Crippen LogP contribution is -1.99. The normalized spacial score (nSPS) is 11.3. The summed E-state index contributed by atoms with van der Waals surface area (Å²) in [4.78, 5) is 11.7. The van der Waals surface area contributed by atoms with Gasteiger partial charge < -0.3 is 10.4 Å². The maximum absolute atomic E-state index is 10.8. The third kappa shape index (κ3) is 4.32. The first kappa shape index (κ1) is 20.0.